The fourth-order valence-corrected chi connectivity index (χ4v) is 2.14. The molecule has 17 heavy (non-hydrogen) atoms. The van der Waals surface area contributed by atoms with E-state index in [-0.39, 0.29) is 5.41 Å². The van der Waals surface area contributed by atoms with Gasteiger partial charge < -0.3 is 10.1 Å². The van der Waals surface area contributed by atoms with Crippen LogP contribution in [-0.4, -0.2) is 13.2 Å². The summed E-state index contributed by atoms with van der Waals surface area (Å²) in [6.07, 6.45) is 0. The Hall–Kier alpha value is -1.53. The lowest BCUT2D eigenvalue weighted by Gasteiger charge is -2.24. The Balaban J connectivity index is 2.61. The van der Waals surface area contributed by atoms with Crippen LogP contribution in [0.2, 0.25) is 0 Å². The number of hydrogen-bond acceptors (Lipinski definition) is 3. The smallest absolute Gasteiger partial charge is 0.125 e. The Kier molecular flexibility index (Phi) is 3.08. The van der Waals surface area contributed by atoms with E-state index in [0.717, 1.165) is 18.8 Å². The van der Waals surface area contributed by atoms with E-state index in [1.807, 2.05) is 12.1 Å². The second kappa shape index (κ2) is 4.38. The number of nitrogens with zero attached hydrogens (tertiary/aromatic N) is 1. The van der Waals surface area contributed by atoms with Crippen molar-refractivity contribution in [1.82, 2.24) is 5.32 Å². The summed E-state index contributed by atoms with van der Waals surface area (Å²) in [7, 11) is 0. The van der Waals surface area contributed by atoms with E-state index in [9.17, 15) is 0 Å². The second-order valence-corrected chi connectivity index (χ2v) is 5.39. The monoisotopic (exact) mass is 230 g/mol. The summed E-state index contributed by atoms with van der Waals surface area (Å²) in [5.41, 5.74) is 3.08. The average Bonchev–Trinajstić information content (AvgIpc) is 2.50. The summed E-state index contributed by atoms with van der Waals surface area (Å²) in [5, 5.41) is 12.4. The van der Waals surface area contributed by atoms with Crippen molar-refractivity contribution < 1.29 is 4.74 Å². The largest absolute Gasteiger partial charge is 0.492 e. The van der Waals surface area contributed by atoms with Gasteiger partial charge in [-0.15, -0.1) is 0 Å². The fraction of sp³-hybridized carbons (Fsp3) is 0.500. The number of fused-ring (bicyclic) bond motifs is 1. The Morgan fingerprint density at radius 1 is 1.35 bits per heavy atom. The third-order valence-electron chi connectivity index (χ3n) is 2.98. The van der Waals surface area contributed by atoms with Crippen LogP contribution in [-0.2, 0) is 12.0 Å². The molecule has 1 aliphatic rings. The minimum atomic E-state index is 0.0202. The molecule has 0 amide bonds. The predicted octanol–water partition coefficient (Wildman–Crippen LogP) is 2.34. The van der Waals surface area contributed by atoms with E-state index in [1.54, 1.807) is 0 Å². The van der Waals surface area contributed by atoms with E-state index in [2.05, 4.69) is 32.2 Å². The van der Waals surface area contributed by atoms with Gasteiger partial charge in [-0.05, 0) is 23.1 Å². The average molecular weight is 230 g/mol. The standard InChI is InChI=1S/C14H18N2O/c1-14(2,3)12-6-10(8-15)7-13-11(12)9-16-4-5-17-13/h6-7,16H,4-5,9H2,1-3H3. The lowest BCUT2D eigenvalue weighted by atomic mass is 9.82. The lowest BCUT2D eigenvalue weighted by Crippen LogP contribution is -2.19. The van der Waals surface area contributed by atoms with Crippen LogP contribution in [0.1, 0.15) is 37.5 Å². The maximum Gasteiger partial charge on any atom is 0.125 e. The first-order valence-corrected chi connectivity index (χ1v) is 5.93. The van der Waals surface area contributed by atoms with Crippen LogP contribution in [0.15, 0.2) is 12.1 Å². The van der Waals surface area contributed by atoms with Crippen LogP contribution in [0.25, 0.3) is 0 Å². The van der Waals surface area contributed by atoms with Gasteiger partial charge in [0.2, 0.25) is 0 Å². The molecule has 0 bridgehead atoms. The first-order chi connectivity index (χ1) is 8.02. The number of nitriles is 1. The fourth-order valence-electron chi connectivity index (χ4n) is 2.14. The molecule has 0 spiro atoms. The summed E-state index contributed by atoms with van der Waals surface area (Å²) in [6.45, 7) is 8.80. The van der Waals surface area contributed by atoms with Gasteiger partial charge in [0.05, 0.1) is 11.6 Å². The molecule has 0 fully saturated rings. The molecule has 1 N–H and O–H groups in total. The number of hydrogen-bond donors (Lipinski definition) is 1. The highest BCUT2D eigenvalue weighted by molar-refractivity contribution is 5.50. The molecule has 0 radical (unpaired) electrons. The van der Waals surface area contributed by atoms with Gasteiger partial charge >= 0.3 is 0 Å². The minimum Gasteiger partial charge on any atom is -0.492 e. The first-order valence-electron chi connectivity index (χ1n) is 5.93. The molecular weight excluding hydrogens is 212 g/mol. The van der Waals surface area contributed by atoms with Crippen LogP contribution in [0, 0.1) is 11.3 Å². The number of benzene rings is 1. The van der Waals surface area contributed by atoms with Gasteiger partial charge in [-0.3, -0.25) is 0 Å². The predicted molar refractivity (Wildman–Crippen MR) is 67.1 cm³/mol. The lowest BCUT2D eigenvalue weighted by molar-refractivity contribution is 0.325. The summed E-state index contributed by atoms with van der Waals surface area (Å²) in [5.74, 6) is 0.860. The number of nitrogens with one attached hydrogen (secondary N) is 1. The molecule has 1 aromatic rings. The Labute approximate surface area is 102 Å². The van der Waals surface area contributed by atoms with E-state index < -0.39 is 0 Å². The minimum absolute atomic E-state index is 0.0202. The highest BCUT2D eigenvalue weighted by Gasteiger charge is 2.23. The van der Waals surface area contributed by atoms with Gasteiger partial charge in [0.15, 0.2) is 0 Å². The topological polar surface area (TPSA) is 45.0 Å². The molecule has 0 saturated heterocycles. The van der Waals surface area contributed by atoms with Crippen LogP contribution in [0.4, 0.5) is 0 Å². The zero-order chi connectivity index (χ0) is 12.5. The van der Waals surface area contributed by atoms with Crippen LogP contribution < -0.4 is 10.1 Å². The molecule has 0 aliphatic carbocycles. The molecule has 3 nitrogen and oxygen atoms in total. The van der Waals surface area contributed by atoms with Crippen molar-refractivity contribution in [3.05, 3.63) is 28.8 Å². The number of rotatable bonds is 0. The van der Waals surface area contributed by atoms with Gasteiger partial charge in [0.25, 0.3) is 0 Å². The molecule has 1 aliphatic heterocycles. The van der Waals surface area contributed by atoms with E-state index in [1.165, 1.54) is 11.1 Å². The summed E-state index contributed by atoms with van der Waals surface area (Å²) in [4.78, 5) is 0. The molecule has 3 heteroatoms. The quantitative estimate of drug-likeness (QED) is 0.744. The SMILES string of the molecule is CC(C)(C)c1cc(C#N)cc2c1CNCCO2. The van der Waals surface area contributed by atoms with Gasteiger partial charge in [-0.1, -0.05) is 20.8 Å². The van der Waals surface area contributed by atoms with Gasteiger partial charge in [0.1, 0.15) is 12.4 Å². The Bertz CT molecular complexity index is 466. The maximum absolute atomic E-state index is 9.08. The van der Waals surface area contributed by atoms with E-state index in [0.29, 0.717) is 12.2 Å². The third-order valence-corrected chi connectivity index (χ3v) is 2.98. The molecule has 0 atom stereocenters. The summed E-state index contributed by atoms with van der Waals surface area (Å²) in [6, 6.07) is 6.04. The molecule has 2 rings (SSSR count). The highest BCUT2D eigenvalue weighted by Crippen LogP contribution is 2.33. The van der Waals surface area contributed by atoms with E-state index >= 15 is 0 Å². The zero-order valence-electron chi connectivity index (χ0n) is 10.6. The van der Waals surface area contributed by atoms with Crippen molar-refractivity contribution in [2.45, 2.75) is 32.7 Å². The van der Waals surface area contributed by atoms with Crippen molar-refractivity contribution in [1.29, 1.82) is 5.26 Å². The Morgan fingerprint density at radius 3 is 2.76 bits per heavy atom. The molecule has 1 heterocycles. The molecular formula is C14H18N2O. The molecule has 0 saturated carbocycles. The molecule has 0 aromatic heterocycles. The first kappa shape index (κ1) is 11.9. The summed E-state index contributed by atoms with van der Waals surface area (Å²) < 4.78 is 5.71. The van der Waals surface area contributed by atoms with Gasteiger partial charge in [0, 0.05) is 18.7 Å². The van der Waals surface area contributed by atoms with Crippen LogP contribution >= 0.6 is 0 Å². The molecule has 90 valence electrons. The zero-order valence-corrected chi connectivity index (χ0v) is 10.6. The van der Waals surface area contributed by atoms with Crippen molar-refractivity contribution in [3.63, 3.8) is 0 Å². The normalized spacial score (nSPS) is 15.4. The van der Waals surface area contributed by atoms with Crippen LogP contribution in [0.3, 0.4) is 0 Å². The van der Waals surface area contributed by atoms with Gasteiger partial charge in [-0.2, -0.15) is 5.26 Å². The van der Waals surface area contributed by atoms with Crippen molar-refractivity contribution in [2.75, 3.05) is 13.2 Å². The highest BCUT2D eigenvalue weighted by atomic mass is 16.5. The second-order valence-electron chi connectivity index (χ2n) is 5.39. The van der Waals surface area contributed by atoms with E-state index in [4.69, 9.17) is 10.00 Å². The van der Waals surface area contributed by atoms with Crippen LogP contribution in [0.5, 0.6) is 5.75 Å². The maximum atomic E-state index is 9.08. The molecule has 1 aromatic carbocycles. The van der Waals surface area contributed by atoms with Crippen molar-refractivity contribution >= 4 is 0 Å². The Morgan fingerprint density at radius 2 is 2.12 bits per heavy atom. The van der Waals surface area contributed by atoms with Crippen molar-refractivity contribution in [3.8, 4) is 11.8 Å². The summed E-state index contributed by atoms with van der Waals surface area (Å²) >= 11 is 0. The van der Waals surface area contributed by atoms with Gasteiger partial charge in [-0.25, -0.2) is 0 Å². The third kappa shape index (κ3) is 2.42. The van der Waals surface area contributed by atoms with Crippen molar-refractivity contribution in [2.24, 2.45) is 0 Å². The number of ether oxygens (including phenoxy) is 1. The molecule has 0 unspecified atom stereocenters.